The Morgan fingerprint density at radius 1 is 1.23 bits per heavy atom. The summed E-state index contributed by atoms with van der Waals surface area (Å²) in [5.41, 5.74) is 4.20. The largest absolute Gasteiger partial charge is 0.447 e. The zero-order valence-corrected chi connectivity index (χ0v) is 16.8. The van der Waals surface area contributed by atoms with Crippen LogP contribution in [0.15, 0.2) is 28.9 Å². The van der Waals surface area contributed by atoms with E-state index in [-0.39, 0.29) is 11.9 Å². The Balaban J connectivity index is 2.14. The number of amides is 1. The van der Waals surface area contributed by atoms with Crippen molar-refractivity contribution in [2.75, 3.05) is 0 Å². The predicted octanol–water partition coefficient (Wildman–Crippen LogP) is 4.23. The van der Waals surface area contributed by atoms with Gasteiger partial charge < -0.3 is 9.73 Å². The highest BCUT2D eigenvalue weighted by Gasteiger charge is 2.19. The second kappa shape index (κ2) is 8.99. The maximum Gasteiger partial charge on any atom is 0.273 e. The van der Waals surface area contributed by atoms with Crippen LogP contribution in [0.2, 0.25) is 0 Å². The highest BCUT2D eigenvalue weighted by molar-refractivity contribution is 5.92. The average molecular weight is 357 g/mol. The Labute approximate surface area is 156 Å². The lowest BCUT2D eigenvalue weighted by atomic mass is 10.0. The molecule has 142 valence electrons. The van der Waals surface area contributed by atoms with Crippen LogP contribution in [-0.2, 0) is 13.1 Å². The summed E-state index contributed by atoms with van der Waals surface area (Å²) in [6.45, 7) is 13.9. The van der Waals surface area contributed by atoms with Crippen LogP contribution in [0.1, 0.15) is 67.2 Å². The molecule has 0 aliphatic rings. The third-order valence-electron chi connectivity index (χ3n) is 4.63. The number of hydrogen-bond acceptors (Lipinski definition) is 4. The molecule has 2 rings (SSSR count). The molecule has 0 bridgehead atoms. The van der Waals surface area contributed by atoms with Gasteiger partial charge in [0, 0.05) is 18.6 Å². The van der Waals surface area contributed by atoms with Crippen molar-refractivity contribution in [2.45, 2.75) is 73.1 Å². The Kier molecular flexibility index (Phi) is 6.98. The summed E-state index contributed by atoms with van der Waals surface area (Å²) < 4.78 is 5.57. The summed E-state index contributed by atoms with van der Waals surface area (Å²) in [4.78, 5) is 18.8. The van der Waals surface area contributed by atoms with Gasteiger partial charge in [0.25, 0.3) is 5.91 Å². The van der Waals surface area contributed by atoms with Crippen molar-refractivity contribution in [1.82, 2.24) is 15.2 Å². The third kappa shape index (κ3) is 5.43. The van der Waals surface area contributed by atoms with E-state index in [4.69, 9.17) is 4.42 Å². The normalized spacial score (nSPS) is 12.6. The van der Waals surface area contributed by atoms with Crippen LogP contribution >= 0.6 is 0 Å². The number of oxazole rings is 1. The van der Waals surface area contributed by atoms with Gasteiger partial charge in [0.05, 0.1) is 6.54 Å². The minimum atomic E-state index is -0.195. The van der Waals surface area contributed by atoms with E-state index in [0.717, 1.165) is 13.0 Å². The quantitative estimate of drug-likeness (QED) is 0.768. The molecule has 1 aromatic carbocycles. The van der Waals surface area contributed by atoms with Gasteiger partial charge in [-0.25, -0.2) is 4.98 Å². The van der Waals surface area contributed by atoms with Crippen LogP contribution in [-0.4, -0.2) is 27.9 Å². The smallest absolute Gasteiger partial charge is 0.273 e. The molecule has 1 heterocycles. The first-order valence-corrected chi connectivity index (χ1v) is 9.35. The van der Waals surface area contributed by atoms with E-state index in [2.05, 4.69) is 61.1 Å². The first-order chi connectivity index (χ1) is 12.3. The Hall–Kier alpha value is -2.14. The molecule has 0 aliphatic carbocycles. The SMILES string of the molecule is CCC(C)N(Cc1nc(C(=O)NC(C)C)co1)Cc1cc(C)ccc1C. The first-order valence-electron chi connectivity index (χ1n) is 9.35. The number of aromatic nitrogens is 1. The summed E-state index contributed by atoms with van der Waals surface area (Å²) in [5.74, 6) is 0.379. The summed E-state index contributed by atoms with van der Waals surface area (Å²) >= 11 is 0. The lowest BCUT2D eigenvalue weighted by Crippen LogP contribution is -2.32. The number of hydrogen-bond donors (Lipinski definition) is 1. The van der Waals surface area contributed by atoms with E-state index in [1.165, 1.54) is 23.0 Å². The standard InChI is InChI=1S/C21H31N3O2/c1-7-17(6)24(11-18-10-15(4)8-9-16(18)5)12-20-23-19(13-26-20)21(25)22-14(2)3/h8-10,13-14,17H,7,11-12H2,1-6H3,(H,22,25). The fraction of sp³-hybridized carbons (Fsp3) is 0.524. The molecule has 0 spiro atoms. The fourth-order valence-corrected chi connectivity index (χ4v) is 2.81. The van der Waals surface area contributed by atoms with Crippen LogP contribution in [0, 0.1) is 13.8 Å². The number of benzene rings is 1. The predicted molar refractivity (Wildman–Crippen MR) is 104 cm³/mol. The number of nitrogens with zero attached hydrogens (tertiary/aromatic N) is 2. The molecular weight excluding hydrogens is 326 g/mol. The Morgan fingerprint density at radius 3 is 2.62 bits per heavy atom. The zero-order valence-electron chi connectivity index (χ0n) is 16.8. The lowest BCUT2D eigenvalue weighted by Gasteiger charge is -2.28. The van der Waals surface area contributed by atoms with Crippen LogP contribution < -0.4 is 5.32 Å². The maximum atomic E-state index is 12.1. The van der Waals surface area contributed by atoms with E-state index in [9.17, 15) is 4.79 Å². The molecule has 5 nitrogen and oxygen atoms in total. The van der Waals surface area contributed by atoms with Crippen molar-refractivity contribution in [1.29, 1.82) is 0 Å². The number of rotatable bonds is 8. The second-order valence-corrected chi connectivity index (χ2v) is 7.35. The highest BCUT2D eigenvalue weighted by atomic mass is 16.3. The van der Waals surface area contributed by atoms with Gasteiger partial charge >= 0.3 is 0 Å². The van der Waals surface area contributed by atoms with Gasteiger partial charge in [-0.1, -0.05) is 30.7 Å². The van der Waals surface area contributed by atoms with Gasteiger partial charge in [-0.05, 0) is 52.2 Å². The summed E-state index contributed by atoms with van der Waals surface area (Å²) in [6.07, 6.45) is 2.48. The summed E-state index contributed by atoms with van der Waals surface area (Å²) in [6, 6.07) is 7.00. The minimum Gasteiger partial charge on any atom is -0.447 e. The van der Waals surface area contributed by atoms with Crippen LogP contribution in [0.4, 0.5) is 0 Å². The zero-order chi connectivity index (χ0) is 19.3. The fourth-order valence-electron chi connectivity index (χ4n) is 2.81. The van der Waals surface area contributed by atoms with Crippen molar-refractivity contribution in [3.63, 3.8) is 0 Å². The van der Waals surface area contributed by atoms with Crippen LogP contribution in [0.3, 0.4) is 0 Å². The number of aryl methyl sites for hydroxylation is 2. The van der Waals surface area contributed by atoms with Crippen molar-refractivity contribution in [2.24, 2.45) is 0 Å². The van der Waals surface area contributed by atoms with E-state index in [1.54, 1.807) is 0 Å². The maximum absolute atomic E-state index is 12.1. The van der Waals surface area contributed by atoms with Crippen molar-refractivity contribution >= 4 is 5.91 Å². The van der Waals surface area contributed by atoms with E-state index in [1.807, 2.05) is 13.8 Å². The average Bonchev–Trinajstić information content (AvgIpc) is 3.05. The molecule has 5 heteroatoms. The first kappa shape index (κ1) is 20.2. The van der Waals surface area contributed by atoms with E-state index >= 15 is 0 Å². The molecule has 0 aliphatic heterocycles. The number of carbonyl (C=O) groups is 1. The summed E-state index contributed by atoms with van der Waals surface area (Å²) in [7, 11) is 0. The molecule has 0 saturated carbocycles. The molecule has 1 aromatic heterocycles. The molecule has 1 unspecified atom stereocenters. The van der Waals surface area contributed by atoms with Gasteiger partial charge in [0.1, 0.15) is 6.26 Å². The van der Waals surface area contributed by atoms with E-state index in [0.29, 0.717) is 24.2 Å². The second-order valence-electron chi connectivity index (χ2n) is 7.35. The van der Waals surface area contributed by atoms with Gasteiger partial charge in [-0.3, -0.25) is 9.69 Å². The monoisotopic (exact) mass is 357 g/mol. The van der Waals surface area contributed by atoms with Crippen LogP contribution in [0.25, 0.3) is 0 Å². The minimum absolute atomic E-state index is 0.0727. The van der Waals surface area contributed by atoms with Gasteiger partial charge in [-0.2, -0.15) is 0 Å². The summed E-state index contributed by atoms with van der Waals surface area (Å²) in [5, 5.41) is 2.84. The molecular formula is C21H31N3O2. The molecule has 1 atom stereocenters. The number of carbonyl (C=O) groups excluding carboxylic acids is 1. The van der Waals surface area contributed by atoms with Gasteiger partial charge in [-0.15, -0.1) is 0 Å². The molecule has 26 heavy (non-hydrogen) atoms. The van der Waals surface area contributed by atoms with Gasteiger partial charge in [0.15, 0.2) is 5.69 Å². The van der Waals surface area contributed by atoms with Crippen LogP contribution in [0.5, 0.6) is 0 Å². The van der Waals surface area contributed by atoms with Gasteiger partial charge in [0.2, 0.25) is 5.89 Å². The van der Waals surface area contributed by atoms with Crippen molar-refractivity contribution in [3.8, 4) is 0 Å². The molecule has 1 N–H and O–H groups in total. The third-order valence-corrected chi connectivity index (χ3v) is 4.63. The van der Waals surface area contributed by atoms with E-state index < -0.39 is 0 Å². The Bertz CT molecular complexity index is 737. The molecule has 2 aromatic rings. The molecule has 1 amide bonds. The Morgan fingerprint density at radius 2 is 1.96 bits per heavy atom. The highest BCUT2D eigenvalue weighted by Crippen LogP contribution is 2.18. The topological polar surface area (TPSA) is 58.4 Å². The molecule has 0 radical (unpaired) electrons. The van der Waals surface area contributed by atoms with Crippen molar-refractivity contribution in [3.05, 3.63) is 52.7 Å². The molecule has 0 fully saturated rings. The van der Waals surface area contributed by atoms with Crippen molar-refractivity contribution < 1.29 is 9.21 Å². The number of nitrogens with one attached hydrogen (secondary N) is 1. The molecule has 0 saturated heterocycles. The lowest BCUT2D eigenvalue weighted by molar-refractivity contribution is 0.0938.